The van der Waals surface area contributed by atoms with Crippen LogP contribution in [0.2, 0.25) is 0 Å². The minimum atomic E-state index is 0.391. The molecule has 0 saturated carbocycles. The van der Waals surface area contributed by atoms with Gasteiger partial charge in [-0.25, -0.2) is 0 Å². The second-order valence-electron chi connectivity index (χ2n) is 4.85. The van der Waals surface area contributed by atoms with Gasteiger partial charge in [0, 0.05) is 4.90 Å². The highest BCUT2D eigenvalue weighted by Gasteiger charge is 2.19. The third kappa shape index (κ3) is 6.17. The average molecular weight is 256 g/mol. The van der Waals surface area contributed by atoms with Gasteiger partial charge >= 0.3 is 0 Å². The molecular weight excluding hydrogens is 230 g/mol. The zero-order valence-corrected chi connectivity index (χ0v) is 12.7. The molecule has 0 aromatic heterocycles. The largest absolute Gasteiger partial charge is 0.118 e. The van der Waals surface area contributed by atoms with Gasteiger partial charge in [-0.2, -0.15) is 0 Å². The minimum absolute atomic E-state index is 0.391. The van der Waals surface area contributed by atoms with Gasteiger partial charge in [-0.15, -0.1) is 9.24 Å². The molecule has 2 heteroatoms. The minimum Gasteiger partial charge on any atom is -0.118 e. The van der Waals surface area contributed by atoms with Gasteiger partial charge < -0.3 is 0 Å². The van der Waals surface area contributed by atoms with Crippen molar-refractivity contribution in [2.75, 3.05) is 0 Å². The molecule has 0 fully saturated rings. The van der Waals surface area contributed by atoms with Gasteiger partial charge in [-0.05, 0) is 12.2 Å². The first-order valence-corrected chi connectivity index (χ1v) is 8.33. The van der Waals surface area contributed by atoms with E-state index in [1.807, 2.05) is 0 Å². The molecule has 1 aliphatic rings. The van der Waals surface area contributed by atoms with Crippen LogP contribution in [0.1, 0.15) is 64.7 Å². The van der Waals surface area contributed by atoms with Gasteiger partial charge in [-0.3, -0.25) is 0 Å². The lowest BCUT2D eigenvalue weighted by Gasteiger charge is -2.17. The fourth-order valence-corrected chi connectivity index (χ4v) is 3.61. The van der Waals surface area contributed by atoms with E-state index in [4.69, 9.17) is 0 Å². The van der Waals surface area contributed by atoms with Gasteiger partial charge in [0.05, 0.1) is 0 Å². The van der Waals surface area contributed by atoms with Gasteiger partial charge in [-0.1, -0.05) is 78.6 Å². The van der Waals surface area contributed by atoms with Crippen LogP contribution in [0.4, 0.5) is 0 Å². The summed E-state index contributed by atoms with van der Waals surface area (Å²) in [5.41, 5.74) is 0. The monoisotopic (exact) mass is 256 g/mol. The molecule has 2 unspecified atom stereocenters. The Morgan fingerprint density at radius 1 is 1.00 bits per heavy atom. The van der Waals surface area contributed by atoms with Crippen molar-refractivity contribution in [3.05, 3.63) is 12.2 Å². The van der Waals surface area contributed by atoms with Crippen LogP contribution in [-0.4, -0.2) is 10.7 Å². The Hall–Kier alpha value is 0.340. The number of rotatable bonds is 9. The van der Waals surface area contributed by atoms with Crippen LogP contribution < -0.4 is 0 Å². The van der Waals surface area contributed by atoms with Crippen molar-refractivity contribution in [1.29, 1.82) is 0 Å². The van der Waals surface area contributed by atoms with Crippen LogP contribution in [0.3, 0.4) is 0 Å². The highest BCUT2D eigenvalue weighted by Crippen LogP contribution is 2.41. The summed E-state index contributed by atoms with van der Waals surface area (Å²) >= 11 is 0. The van der Waals surface area contributed by atoms with Crippen LogP contribution in [0, 0.1) is 0 Å². The van der Waals surface area contributed by atoms with E-state index in [-0.39, 0.29) is 0 Å². The number of hydrogen-bond donors (Lipinski definition) is 0. The molecule has 2 atom stereocenters. The Balaban J connectivity index is 1.88. The fourth-order valence-electron chi connectivity index (χ4n) is 2.12. The fraction of sp³-hybridized carbons (Fsp3) is 0.786. The predicted molar refractivity (Wildman–Crippen MR) is 81.8 cm³/mol. The van der Waals surface area contributed by atoms with Gasteiger partial charge in [0.15, 0.2) is 0 Å². The zero-order valence-electron chi connectivity index (χ0n) is 10.6. The molecule has 0 bridgehead atoms. The SMILES string of the molecule is CCCCCCCCCCC1(P)C=CC=P1. The average Bonchev–Trinajstić information content (AvgIpc) is 2.70. The van der Waals surface area contributed by atoms with Crippen molar-refractivity contribution in [1.82, 2.24) is 0 Å². The zero-order chi connectivity index (χ0) is 11.7. The summed E-state index contributed by atoms with van der Waals surface area (Å²) in [6.45, 7) is 2.28. The normalized spacial score (nSPS) is 24.1. The first kappa shape index (κ1) is 14.4. The summed E-state index contributed by atoms with van der Waals surface area (Å²) in [6, 6.07) is 0. The van der Waals surface area contributed by atoms with Crippen molar-refractivity contribution in [2.45, 2.75) is 69.6 Å². The van der Waals surface area contributed by atoms with Crippen LogP contribution >= 0.6 is 17.4 Å². The van der Waals surface area contributed by atoms with E-state index in [1.54, 1.807) is 0 Å². The molecule has 0 amide bonds. The molecule has 0 spiro atoms. The summed E-state index contributed by atoms with van der Waals surface area (Å²) in [6.07, 6.45) is 17.3. The lowest BCUT2D eigenvalue weighted by Crippen LogP contribution is -2.05. The Bertz CT molecular complexity index is 219. The van der Waals surface area contributed by atoms with E-state index in [0.717, 1.165) is 0 Å². The van der Waals surface area contributed by atoms with Crippen molar-refractivity contribution in [3.63, 3.8) is 0 Å². The van der Waals surface area contributed by atoms with Crippen LogP contribution in [0.15, 0.2) is 12.2 Å². The molecule has 0 nitrogen and oxygen atoms in total. The standard InChI is InChI=1S/C14H26P2/c1-2-3-4-5-6-7-8-9-11-14(15)12-10-13-16-14/h10,12-13H,2-9,11,15H2,1H3. The molecular formula is C14H26P2. The second-order valence-corrected chi connectivity index (χ2v) is 7.76. The summed E-state index contributed by atoms with van der Waals surface area (Å²) in [4.78, 5) is 0.391. The van der Waals surface area contributed by atoms with E-state index in [2.05, 4.69) is 34.1 Å². The molecule has 92 valence electrons. The first-order valence-electron chi connectivity index (χ1n) is 6.79. The van der Waals surface area contributed by atoms with Crippen LogP contribution in [0.25, 0.3) is 0 Å². The molecule has 0 aromatic rings. The summed E-state index contributed by atoms with van der Waals surface area (Å²) in [5, 5.41) is 0. The quantitative estimate of drug-likeness (QED) is 0.382. The first-order chi connectivity index (χ1) is 7.77. The molecule has 16 heavy (non-hydrogen) atoms. The molecule has 0 aromatic carbocycles. The van der Waals surface area contributed by atoms with E-state index >= 15 is 0 Å². The Morgan fingerprint density at radius 3 is 2.19 bits per heavy atom. The third-order valence-electron chi connectivity index (χ3n) is 3.22. The number of allylic oxidation sites excluding steroid dienone is 2. The summed E-state index contributed by atoms with van der Waals surface area (Å²) in [5.74, 6) is 2.26. The van der Waals surface area contributed by atoms with Gasteiger partial charge in [0.1, 0.15) is 0 Å². The molecule has 0 N–H and O–H groups in total. The van der Waals surface area contributed by atoms with E-state index < -0.39 is 0 Å². The maximum Gasteiger partial charge on any atom is 0.0444 e. The van der Waals surface area contributed by atoms with E-state index in [9.17, 15) is 0 Å². The van der Waals surface area contributed by atoms with Gasteiger partial charge in [0.2, 0.25) is 0 Å². The molecule has 0 radical (unpaired) electrons. The lowest BCUT2D eigenvalue weighted by atomic mass is 10.1. The molecule has 1 heterocycles. The smallest absolute Gasteiger partial charge is 0.0444 e. The van der Waals surface area contributed by atoms with Crippen molar-refractivity contribution in [3.8, 4) is 0 Å². The van der Waals surface area contributed by atoms with Gasteiger partial charge in [0.25, 0.3) is 0 Å². The Morgan fingerprint density at radius 2 is 1.62 bits per heavy atom. The second kappa shape index (κ2) is 8.43. The van der Waals surface area contributed by atoms with E-state index in [1.165, 1.54) is 66.0 Å². The molecule has 0 saturated heterocycles. The number of hydrogen-bond acceptors (Lipinski definition) is 0. The Kier molecular flexibility index (Phi) is 7.59. The highest BCUT2D eigenvalue weighted by molar-refractivity contribution is 7.53. The number of unbranched alkanes of at least 4 members (excludes halogenated alkanes) is 7. The van der Waals surface area contributed by atoms with Crippen molar-refractivity contribution in [2.24, 2.45) is 0 Å². The highest BCUT2D eigenvalue weighted by atomic mass is 31.1. The van der Waals surface area contributed by atoms with Crippen LogP contribution in [-0.2, 0) is 0 Å². The predicted octanol–water partition coefficient (Wildman–Crippen LogP) is 5.41. The molecule has 1 aliphatic heterocycles. The summed E-state index contributed by atoms with van der Waals surface area (Å²) < 4.78 is 0. The molecule has 0 aliphatic carbocycles. The van der Waals surface area contributed by atoms with Crippen molar-refractivity contribution < 1.29 is 0 Å². The third-order valence-corrected chi connectivity index (χ3v) is 5.32. The Labute approximate surface area is 105 Å². The molecule has 1 rings (SSSR count). The lowest BCUT2D eigenvalue weighted by molar-refractivity contribution is 0.564. The summed E-state index contributed by atoms with van der Waals surface area (Å²) in [7, 11) is 4.49. The van der Waals surface area contributed by atoms with Crippen molar-refractivity contribution >= 4 is 23.2 Å². The van der Waals surface area contributed by atoms with E-state index in [0.29, 0.717) is 4.90 Å². The maximum absolute atomic E-state index is 3.02. The topological polar surface area (TPSA) is 0 Å². The maximum atomic E-state index is 3.02. The van der Waals surface area contributed by atoms with Crippen LogP contribution in [0.5, 0.6) is 0 Å².